The molecule has 0 aromatic rings. The molecule has 3 heterocycles. The minimum absolute atomic E-state index is 0.0620. The van der Waals surface area contributed by atoms with Gasteiger partial charge in [-0.2, -0.15) is 0 Å². The lowest BCUT2D eigenvalue weighted by Crippen LogP contribution is -2.51. The monoisotopic (exact) mass is 281 g/mol. The summed E-state index contributed by atoms with van der Waals surface area (Å²) in [4.78, 5) is 17.1. The number of piperidine rings is 1. The third kappa shape index (κ3) is 2.85. The maximum absolute atomic E-state index is 12.7. The number of rotatable bonds is 2. The average molecular weight is 281 g/mol. The van der Waals surface area contributed by atoms with Crippen molar-refractivity contribution < 1.29 is 9.90 Å². The Balaban J connectivity index is 1.64. The largest absolute Gasteiger partial charge is 0.388 e. The Morgan fingerprint density at radius 1 is 1.25 bits per heavy atom. The molecule has 20 heavy (non-hydrogen) atoms. The topological polar surface area (TPSA) is 55.8 Å². The summed E-state index contributed by atoms with van der Waals surface area (Å²) in [5, 5.41) is 13.4. The van der Waals surface area contributed by atoms with Gasteiger partial charge < -0.3 is 15.3 Å². The molecule has 0 aliphatic carbocycles. The van der Waals surface area contributed by atoms with Crippen LogP contribution in [0.25, 0.3) is 0 Å². The van der Waals surface area contributed by atoms with E-state index in [9.17, 15) is 9.90 Å². The molecule has 0 saturated carbocycles. The van der Waals surface area contributed by atoms with Gasteiger partial charge in [0.25, 0.3) is 0 Å². The molecule has 0 aromatic carbocycles. The number of nitrogens with one attached hydrogen (secondary N) is 1. The fourth-order valence-electron chi connectivity index (χ4n) is 3.97. The summed E-state index contributed by atoms with van der Waals surface area (Å²) in [7, 11) is 0. The first-order valence-electron chi connectivity index (χ1n) is 8.04. The lowest BCUT2D eigenvalue weighted by molar-refractivity contribution is -0.136. The van der Waals surface area contributed by atoms with E-state index in [1.807, 2.05) is 11.8 Å². The van der Waals surface area contributed by atoms with E-state index in [0.29, 0.717) is 25.6 Å². The summed E-state index contributed by atoms with van der Waals surface area (Å²) < 4.78 is 0. The van der Waals surface area contributed by atoms with E-state index < -0.39 is 5.60 Å². The minimum Gasteiger partial charge on any atom is -0.388 e. The molecule has 0 aromatic heterocycles. The predicted octanol–water partition coefficient (Wildman–Crippen LogP) is 0.186. The van der Waals surface area contributed by atoms with Crippen LogP contribution >= 0.6 is 0 Å². The second-order valence-corrected chi connectivity index (χ2v) is 6.88. The number of hydrogen-bond acceptors (Lipinski definition) is 4. The molecule has 3 saturated heterocycles. The highest BCUT2D eigenvalue weighted by atomic mass is 16.3. The van der Waals surface area contributed by atoms with Crippen LogP contribution < -0.4 is 5.32 Å². The smallest absolute Gasteiger partial charge is 0.240 e. The van der Waals surface area contributed by atoms with Crippen LogP contribution in [-0.4, -0.2) is 71.2 Å². The van der Waals surface area contributed by atoms with E-state index in [0.717, 1.165) is 45.3 Å². The highest BCUT2D eigenvalue weighted by Crippen LogP contribution is 2.28. The number of β-amino-alcohol motifs (C(OH)–C–C–N with tert-alkyl or cyclic N) is 1. The van der Waals surface area contributed by atoms with Crippen molar-refractivity contribution in [2.24, 2.45) is 0 Å². The van der Waals surface area contributed by atoms with Gasteiger partial charge in [-0.25, -0.2) is 0 Å². The molecule has 5 heteroatoms. The summed E-state index contributed by atoms with van der Waals surface area (Å²) in [6.07, 6.45) is 5.13. The van der Waals surface area contributed by atoms with Gasteiger partial charge in [0.05, 0.1) is 11.6 Å². The number of likely N-dealkylation sites (tertiary alicyclic amines) is 2. The van der Waals surface area contributed by atoms with Crippen LogP contribution in [0.5, 0.6) is 0 Å². The maximum atomic E-state index is 12.7. The van der Waals surface area contributed by atoms with Gasteiger partial charge in [0.15, 0.2) is 0 Å². The second-order valence-electron chi connectivity index (χ2n) is 6.88. The fourth-order valence-corrected chi connectivity index (χ4v) is 3.97. The molecule has 0 radical (unpaired) electrons. The Hall–Kier alpha value is -0.650. The second kappa shape index (κ2) is 5.62. The summed E-state index contributed by atoms with van der Waals surface area (Å²) >= 11 is 0. The molecule has 3 fully saturated rings. The molecule has 2 unspecified atom stereocenters. The number of carbonyl (C=O) groups excluding carboxylic acids is 1. The number of nitrogens with zero attached hydrogens (tertiary/aromatic N) is 2. The van der Waals surface area contributed by atoms with Crippen molar-refractivity contribution in [3.05, 3.63) is 0 Å². The molecule has 0 bridgehead atoms. The predicted molar refractivity (Wildman–Crippen MR) is 77.4 cm³/mol. The molecular weight excluding hydrogens is 254 g/mol. The van der Waals surface area contributed by atoms with E-state index in [2.05, 4.69) is 10.2 Å². The maximum Gasteiger partial charge on any atom is 0.240 e. The van der Waals surface area contributed by atoms with E-state index in [4.69, 9.17) is 0 Å². The first kappa shape index (κ1) is 14.3. The molecule has 2 N–H and O–H groups in total. The summed E-state index contributed by atoms with van der Waals surface area (Å²) in [6, 6.07) is 0.628. The van der Waals surface area contributed by atoms with Crippen molar-refractivity contribution in [3.8, 4) is 0 Å². The first-order valence-corrected chi connectivity index (χ1v) is 8.04. The van der Waals surface area contributed by atoms with Gasteiger partial charge in [-0.1, -0.05) is 0 Å². The number of carbonyl (C=O) groups is 1. The van der Waals surface area contributed by atoms with Crippen molar-refractivity contribution in [2.45, 2.75) is 56.7 Å². The van der Waals surface area contributed by atoms with Crippen LogP contribution in [-0.2, 0) is 4.79 Å². The Morgan fingerprint density at radius 2 is 2.00 bits per heavy atom. The van der Waals surface area contributed by atoms with E-state index in [1.165, 1.54) is 0 Å². The van der Waals surface area contributed by atoms with Crippen molar-refractivity contribution >= 4 is 5.91 Å². The number of aliphatic hydroxyl groups is 1. The van der Waals surface area contributed by atoms with E-state index in [1.54, 1.807) is 0 Å². The number of hydrogen-bond donors (Lipinski definition) is 2. The Kier molecular flexibility index (Phi) is 4.02. The van der Waals surface area contributed by atoms with Crippen LogP contribution in [0.4, 0.5) is 0 Å². The van der Waals surface area contributed by atoms with Gasteiger partial charge in [0.1, 0.15) is 0 Å². The molecule has 2 atom stereocenters. The van der Waals surface area contributed by atoms with Crippen LogP contribution in [0, 0.1) is 0 Å². The Labute approximate surface area is 121 Å². The van der Waals surface area contributed by atoms with E-state index in [-0.39, 0.29) is 11.9 Å². The highest BCUT2D eigenvalue weighted by Gasteiger charge is 2.41. The molecule has 0 spiro atoms. The zero-order valence-electron chi connectivity index (χ0n) is 12.5. The Morgan fingerprint density at radius 3 is 2.65 bits per heavy atom. The van der Waals surface area contributed by atoms with Gasteiger partial charge in [-0.05, 0) is 58.7 Å². The molecule has 3 rings (SSSR count). The quantitative estimate of drug-likeness (QED) is 0.758. The molecule has 5 nitrogen and oxygen atoms in total. The summed E-state index contributed by atoms with van der Waals surface area (Å²) in [5.41, 5.74) is -0.687. The van der Waals surface area contributed by atoms with Crippen molar-refractivity contribution in [3.63, 3.8) is 0 Å². The molecule has 1 amide bonds. The van der Waals surface area contributed by atoms with Gasteiger partial charge in [0.2, 0.25) is 5.91 Å². The van der Waals surface area contributed by atoms with Crippen molar-refractivity contribution in [1.82, 2.24) is 15.1 Å². The average Bonchev–Trinajstić information content (AvgIpc) is 3.05. The molecule has 3 aliphatic rings. The summed E-state index contributed by atoms with van der Waals surface area (Å²) in [6.45, 7) is 6.25. The SMILES string of the molecule is CC1(O)CCN(C(=O)C2CCCN2C2CCNCC2)C1. The normalized spacial score (nSPS) is 36.7. The van der Waals surface area contributed by atoms with Gasteiger partial charge >= 0.3 is 0 Å². The zero-order chi connectivity index (χ0) is 14.2. The van der Waals surface area contributed by atoms with Crippen LogP contribution in [0.1, 0.15) is 39.0 Å². The van der Waals surface area contributed by atoms with Crippen LogP contribution in [0.15, 0.2) is 0 Å². The van der Waals surface area contributed by atoms with Crippen molar-refractivity contribution in [2.75, 3.05) is 32.7 Å². The number of amides is 1. The minimum atomic E-state index is -0.687. The van der Waals surface area contributed by atoms with Crippen LogP contribution in [0.3, 0.4) is 0 Å². The lowest BCUT2D eigenvalue weighted by atomic mass is 10.0. The molecule has 114 valence electrons. The first-order chi connectivity index (χ1) is 9.57. The van der Waals surface area contributed by atoms with Crippen LogP contribution in [0.2, 0.25) is 0 Å². The fraction of sp³-hybridized carbons (Fsp3) is 0.933. The molecular formula is C15H27N3O2. The standard InChI is InChI=1S/C15H27N3O2/c1-15(20)6-10-17(11-15)14(19)13-3-2-9-18(13)12-4-7-16-8-5-12/h12-13,16,20H,2-11H2,1H3. The van der Waals surface area contributed by atoms with Gasteiger partial charge in [0, 0.05) is 19.1 Å². The third-order valence-electron chi connectivity index (χ3n) is 5.12. The van der Waals surface area contributed by atoms with Gasteiger partial charge in [-0.15, -0.1) is 0 Å². The van der Waals surface area contributed by atoms with Crippen molar-refractivity contribution in [1.29, 1.82) is 0 Å². The molecule has 3 aliphatic heterocycles. The third-order valence-corrected chi connectivity index (χ3v) is 5.12. The van der Waals surface area contributed by atoms with Gasteiger partial charge in [-0.3, -0.25) is 9.69 Å². The summed E-state index contributed by atoms with van der Waals surface area (Å²) in [5.74, 6) is 0.249. The van der Waals surface area contributed by atoms with E-state index >= 15 is 0 Å². The zero-order valence-corrected chi connectivity index (χ0v) is 12.5. The Bertz CT molecular complexity index is 366. The lowest BCUT2D eigenvalue weighted by Gasteiger charge is -2.36. The highest BCUT2D eigenvalue weighted by molar-refractivity contribution is 5.82.